The largest absolute Gasteiger partial charge is 0.448 e. The molecule has 0 radical (unpaired) electrons. The number of benzene rings is 2. The number of fused-ring (bicyclic) bond motifs is 1. The lowest BCUT2D eigenvalue weighted by Gasteiger charge is -2.35. The van der Waals surface area contributed by atoms with Gasteiger partial charge in [0.2, 0.25) is 0 Å². The van der Waals surface area contributed by atoms with E-state index in [9.17, 15) is 9.59 Å². The Balaban J connectivity index is 1.47. The number of hydrogen-bond donors (Lipinski definition) is 1. The molecule has 6 nitrogen and oxygen atoms in total. The van der Waals surface area contributed by atoms with Crippen molar-refractivity contribution in [2.45, 2.75) is 18.6 Å². The van der Waals surface area contributed by atoms with Crippen LogP contribution in [0.25, 0.3) is 0 Å². The van der Waals surface area contributed by atoms with Gasteiger partial charge in [-0.15, -0.1) is 0 Å². The lowest BCUT2D eigenvalue weighted by atomic mass is 9.98. The Morgan fingerprint density at radius 3 is 2.66 bits per heavy atom. The highest BCUT2D eigenvalue weighted by molar-refractivity contribution is 6.31. The van der Waals surface area contributed by atoms with E-state index in [1.807, 2.05) is 36.4 Å². The minimum Gasteiger partial charge on any atom is -0.448 e. The Morgan fingerprint density at radius 2 is 1.86 bits per heavy atom. The second kappa shape index (κ2) is 8.95. The summed E-state index contributed by atoms with van der Waals surface area (Å²) in [6.07, 6.45) is -0.448. The fraction of sp³-hybridized carbons (Fsp3) is 0.364. The first kappa shape index (κ1) is 19.9. The van der Waals surface area contributed by atoms with E-state index >= 15 is 0 Å². The summed E-state index contributed by atoms with van der Waals surface area (Å²) in [7, 11) is 0. The Hall–Kier alpha value is -2.41. The van der Waals surface area contributed by atoms with Gasteiger partial charge in [-0.3, -0.25) is 9.69 Å². The first-order chi connectivity index (χ1) is 14.1. The van der Waals surface area contributed by atoms with Gasteiger partial charge in [-0.1, -0.05) is 48.0 Å². The molecule has 1 fully saturated rings. The molecular weight excluding hydrogens is 392 g/mol. The Labute approximate surface area is 174 Å². The molecule has 0 saturated carbocycles. The molecule has 2 atom stereocenters. The van der Waals surface area contributed by atoms with Gasteiger partial charge in [0.25, 0.3) is 5.91 Å². The van der Waals surface area contributed by atoms with Crippen LogP contribution < -0.4 is 5.32 Å². The standard InChI is InChI=1S/C22H23ClN2O4/c23-18-8-4-3-7-17(18)19(25-9-11-28-12-10-25)14-24-21(26)20-13-15-5-1-2-6-16(15)22(27)29-20/h1-8,19-20H,9-14H2,(H,24,26)/t19-,20+/m1/s1. The maximum atomic E-state index is 12.8. The molecule has 1 N–H and O–H groups in total. The molecule has 0 aromatic heterocycles. The van der Waals surface area contributed by atoms with Crippen LogP contribution >= 0.6 is 11.6 Å². The van der Waals surface area contributed by atoms with Crippen LogP contribution in [0.1, 0.15) is 27.5 Å². The third-order valence-corrected chi connectivity index (χ3v) is 5.75. The van der Waals surface area contributed by atoms with Crippen molar-refractivity contribution >= 4 is 23.5 Å². The molecule has 2 aliphatic rings. The van der Waals surface area contributed by atoms with Crippen molar-refractivity contribution in [3.05, 3.63) is 70.2 Å². The van der Waals surface area contributed by atoms with Crippen LogP contribution in [-0.4, -0.2) is 55.7 Å². The van der Waals surface area contributed by atoms with E-state index in [0.29, 0.717) is 36.8 Å². The van der Waals surface area contributed by atoms with Gasteiger partial charge in [0.15, 0.2) is 6.10 Å². The van der Waals surface area contributed by atoms with Crippen LogP contribution in [-0.2, 0) is 20.7 Å². The van der Waals surface area contributed by atoms with Crippen LogP contribution in [0.4, 0.5) is 0 Å². The number of carbonyl (C=O) groups is 2. The van der Waals surface area contributed by atoms with Gasteiger partial charge in [0, 0.05) is 31.1 Å². The minimum atomic E-state index is -0.825. The molecule has 2 aromatic rings. The number of ether oxygens (including phenoxy) is 2. The van der Waals surface area contributed by atoms with E-state index < -0.39 is 12.1 Å². The van der Waals surface area contributed by atoms with Crippen molar-refractivity contribution in [3.8, 4) is 0 Å². The summed E-state index contributed by atoms with van der Waals surface area (Å²) < 4.78 is 10.8. The van der Waals surface area contributed by atoms with Gasteiger partial charge in [-0.25, -0.2) is 4.79 Å². The van der Waals surface area contributed by atoms with Crippen molar-refractivity contribution in [1.82, 2.24) is 10.2 Å². The van der Waals surface area contributed by atoms with Gasteiger partial charge in [-0.2, -0.15) is 0 Å². The van der Waals surface area contributed by atoms with Crippen LogP contribution in [0.5, 0.6) is 0 Å². The summed E-state index contributed by atoms with van der Waals surface area (Å²) >= 11 is 6.44. The summed E-state index contributed by atoms with van der Waals surface area (Å²) in [6.45, 7) is 3.19. The zero-order chi connectivity index (χ0) is 20.2. The number of morpholine rings is 1. The first-order valence-electron chi connectivity index (χ1n) is 9.76. The summed E-state index contributed by atoms with van der Waals surface area (Å²) in [5.41, 5.74) is 2.32. The summed E-state index contributed by atoms with van der Waals surface area (Å²) in [4.78, 5) is 27.3. The number of nitrogens with one attached hydrogen (secondary N) is 1. The molecule has 1 amide bonds. The van der Waals surface area contributed by atoms with Crippen LogP contribution in [0.2, 0.25) is 5.02 Å². The third-order valence-electron chi connectivity index (χ3n) is 5.40. The first-order valence-corrected chi connectivity index (χ1v) is 10.1. The van der Waals surface area contributed by atoms with Crippen molar-refractivity contribution < 1.29 is 19.1 Å². The second-order valence-electron chi connectivity index (χ2n) is 7.19. The van der Waals surface area contributed by atoms with E-state index in [-0.39, 0.29) is 11.9 Å². The number of nitrogens with zero attached hydrogens (tertiary/aromatic N) is 1. The molecule has 0 bridgehead atoms. The molecule has 2 aromatic carbocycles. The predicted molar refractivity (Wildman–Crippen MR) is 109 cm³/mol. The van der Waals surface area contributed by atoms with Crippen LogP contribution in [0.3, 0.4) is 0 Å². The highest BCUT2D eigenvalue weighted by Crippen LogP contribution is 2.28. The van der Waals surface area contributed by atoms with Crippen molar-refractivity contribution in [1.29, 1.82) is 0 Å². The highest BCUT2D eigenvalue weighted by atomic mass is 35.5. The predicted octanol–water partition coefficient (Wildman–Crippen LogP) is 2.61. The van der Waals surface area contributed by atoms with E-state index in [1.54, 1.807) is 12.1 Å². The number of cyclic esters (lactones) is 1. The molecule has 0 aliphatic carbocycles. The van der Waals surface area contributed by atoms with Gasteiger partial charge >= 0.3 is 5.97 Å². The zero-order valence-electron chi connectivity index (χ0n) is 16.0. The Morgan fingerprint density at radius 1 is 1.14 bits per heavy atom. The quantitative estimate of drug-likeness (QED) is 0.762. The molecule has 152 valence electrons. The fourth-order valence-corrected chi connectivity index (χ4v) is 4.12. The lowest BCUT2D eigenvalue weighted by Crippen LogP contribution is -2.47. The van der Waals surface area contributed by atoms with Crippen molar-refractivity contribution in [3.63, 3.8) is 0 Å². The third kappa shape index (κ3) is 4.45. The molecule has 2 aliphatic heterocycles. The zero-order valence-corrected chi connectivity index (χ0v) is 16.7. The second-order valence-corrected chi connectivity index (χ2v) is 7.59. The van der Waals surface area contributed by atoms with Crippen molar-refractivity contribution in [2.75, 3.05) is 32.8 Å². The van der Waals surface area contributed by atoms with Crippen LogP contribution in [0.15, 0.2) is 48.5 Å². The molecule has 2 heterocycles. The average Bonchev–Trinajstić information content (AvgIpc) is 2.75. The molecule has 29 heavy (non-hydrogen) atoms. The van der Waals surface area contributed by atoms with Crippen molar-refractivity contribution in [2.24, 2.45) is 0 Å². The normalized spacial score (nSPS) is 20.4. The average molecular weight is 415 g/mol. The Bertz CT molecular complexity index is 898. The maximum Gasteiger partial charge on any atom is 0.339 e. The van der Waals surface area contributed by atoms with E-state index in [0.717, 1.165) is 24.2 Å². The van der Waals surface area contributed by atoms with Gasteiger partial charge in [0.1, 0.15) is 0 Å². The van der Waals surface area contributed by atoms with E-state index in [1.165, 1.54) is 0 Å². The van der Waals surface area contributed by atoms with Gasteiger partial charge < -0.3 is 14.8 Å². The summed E-state index contributed by atoms with van der Waals surface area (Å²) in [5, 5.41) is 3.63. The lowest BCUT2D eigenvalue weighted by molar-refractivity contribution is -0.130. The molecule has 4 rings (SSSR count). The number of hydrogen-bond acceptors (Lipinski definition) is 5. The molecule has 0 spiro atoms. The monoisotopic (exact) mass is 414 g/mol. The SMILES string of the molecule is O=C1O[C@H](C(=O)NC[C@H](c2ccccc2Cl)N2CCOCC2)Cc2ccccc21. The molecule has 0 unspecified atom stereocenters. The molecule has 7 heteroatoms. The van der Waals surface area contributed by atoms with Gasteiger partial charge in [0.05, 0.1) is 24.8 Å². The van der Waals surface area contributed by atoms with E-state index in [2.05, 4.69) is 10.2 Å². The fourth-order valence-electron chi connectivity index (χ4n) is 3.86. The summed E-state index contributed by atoms with van der Waals surface area (Å²) in [5.74, 6) is -0.749. The number of carbonyl (C=O) groups excluding carboxylic acids is 2. The van der Waals surface area contributed by atoms with E-state index in [4.69, 9.17) is 21.1 Å². The summed E-state index contributed by atoms with van der Waals surface area (Å²) in [6, 6.07) is 14.8. The number of halogens is 1. The van der Waals surface area contributed by atoms with Gasteiger partial charge in [-0.05, 0) is 23.3 Å². The minimum absolute atomic E-state index is 0.0804. The number of rotatable bonds is 5. The topological polar surface area (TPSA) is 67.9 Å². The Kier molecular flexibility index (Phi) is 6.13. The highest BCUT2D eigenvalue weighted by Gasteiger charge is 2.32. The smallest absolute Gasteiger partial charge is 0.339 e. The number of amides is 1. The number of esters is 1. The van der Waals surface area contributed by atoms with Crippen LogP contribution in [0, 0.1) is 0 Å². The molecule has 1 saturated heterocycles. The molecular formula is C22H23ClN2O4. The maximum absolute atomic E-state index is 12.8.